The first-order chi connectivity index (χ1) is 9.16. The first kappa shape index (κ1) is 12.5. The monoisotopic (exact) mass is 255 g/mol. The minimum Gasteiger partial charge on any atom is -0.304 e. The number of aryl methyl sites for hydroxylation is 2. The van der Waals surface area contributed by atoms with Crippen molar-refractivity contribution in [1.29, 1.82) is 0 Å². The zero-order chi connectivity index (χ0) is 13.4. The van der Waals surface area contributed by atoms with Gasteiger partial charge < -0.3 is 4.90 Å². The van der Waals surface area contributed by atoms with Crippen LogP contribution in [0, 0.1) is 19.8 Å². The van der Waals surface area contributed by atoms with Crippen molar-refractivity contribution in [3.05, 3.63) is 41.0 Å². The summed E-state index contributed by atoms with van der Waals surface area (Å²) in [5.41, 5.74) is 4.84. The van der Waals surface area contributed by atoms with Gasteiger partial charge in [-0.1, -0.05) is 31.0 Å². The molecule has 3 rings (SSSR count). The Hall–Kier alpha value is -1.57. The Balaban J connectivity index is 1.87. The van der Waals surface area contributed by atoms with E-state index >= 15 is 0 Å². The topological polar surface area (TPSA) is 20.3 Å². The first-order valence-electron chi connectivity index (χ1n) is 7.25. The molecule has 0 saturated heterocycles. The van der Waals surface area contributed by atoms with Gasteiger partial charge in [-0.3, -0.25) is 4.79 Å². The third kappa shape index (κ3) is 2.20. The molecule has 1 aromatic rings. The number of hydrogen-bond donors (Lipinski definition) is 0. The lowest BCUT2D eigenvalue weighted by Crippen LogP contribution is -2.27. The van der Waals surface area contributed by atoms with Gasteiger partial charge in [-0.15, -0.1) is 0 Å². The summed E-state index contributed by atoms with van der Waals surface area (Å²) in [6, 6.07) is 6.23. The number of carbonyl (C=O) groups excluding carboxylic acids is 1. The van der Waals surface area contributed by atoms with Crippen LogP contribution in [0.2, 0.25) is 0 Å². The molecule has 0 atom stereocenters. The SMILES string of the molecule is Cc1cccc(C)c1N1CC(C2CCCC2)=CC1=O. The number of carbonyl (C=O) groups is 1. The van der Waals surface area contributed by atoms with Crippen LogP contribution >= 0.6 is 0 Å². The maximum atomic E-state index is 12.3. The molecule has 2 nitrogen and oxygen atoms in total. The summed E-state index contributed by atoms with van der Waals surface area (Å²) in [6.45, 7) is 4.97. The van der Waals surface area contributed by atoms with Crippen molar-refractivity contribution in [1.82, 2.24) is 0 Å². The molecule has 0 aromatic heterocycles. The van der Waals surface area contributed by atoms with Gasteiger partial charge in [0.05, 0.1) is 5.69 Å². The molecule has 1 amide bonds. The van der Waals surface area contributed by atoms with E-state index in [1.54, 1.807) is 0 Å². The summed E-state index contributed by atoms with van der Waals surface area (Å²) in [4.78, 5) is 14.3. The lowest BCUT2D eigenvalue weighted by atomic mass is 9.98. The smallest absolute Gasteiger partial charge is 0.251 e. The van der Waals surface area contributed by atoms with E-state index in [1.165, 1.54) is 42.4 Å². The second kappa shape index (κ2) is 4.84. The second-order valence-corrected chi connectivity index (χ2v) is 5.87. The molecule has 1 aliphatic heterocycles. The Morgan fingerprint density at radius 2 is 1.74 bits per heavy atom. The van der Waals surface area contributed by atoms with Crippen molar-refractivity contribution in [2.45, 2.75) is 39.5 Å². The maximum absolute atomic E-state index is 12.3. The van der Waals surface area contributed by atoms with Gasteiger partial charge in [-0.05, 0) is 49.3 Å². The lowest BCUT2D eigenvalue weighted by molar-refractivity contribution is -0.113. The van der Waals surface area contributed by atoms with Gasteiger partial charge in [0.2, 0.25) is 0 Å². The van der Waals surface area contributed by atoms with Crippen LogP contribution in [-0.4, -0.2) is 12.5 Å². The number of nitrogens with zero attached hydrogens (tertiary/aromatic N) is 1. The van der Waals surface area contributed by atoms with E-state index in [0.29, 0.717) is 5.92 Å². The fourth-order valence-corrected chi connectivity index (χ4v) is 3.51. The zero-order valence-electron chi connectivity index (χ0n) is 11.8. The minimum absolute atomic E-state index is 0.166. The van der Waals surface area contributed by atoms with E-state index in [-0.39, 0.29) is 5.91 Å². The number of benzene rings is 1. The molecule has 0 spiro atoms. The Morgan fingerprint density at radius 1 is 1.11 bits per heavy atom. The molecule has 1 aromatic carbocycles. The molecule has 1 fully saturated rings. The van der Waals surface area contributed by atoms with Crippen LogP contribution in [0.25, 0.3) is 0 Å². The molecule has 1 saturated carbocycles. The van der Waals surface area contributed by atoms with Gasteiger partial charge in [0.25, 0.3) is 5.91 Å². The molecule has 2 aliphatic rings. The van der Waals surface area contributed by atoms with Crippen LogP contribution in [0.5, 0.6) is 0 Å². The lowest BCUT2D eigenvalue weighted by Gasteiger charge is -2.22. The van der Waals surface area contributed by atoms with Crippen molar-refractivity contribution in [3.8, 4) is 0 Å². The van der Waals surface area contributed by atoms with E-state index in [1.807, 2.05) is 11.0 Å². The van der Waals surface area contributed by atoms with E-state index in [2.05, 4.69) is 32.0 Å². The average molecular weight is 255 g/mol. The van der Waals surface area contributed by atoms with Crippen LogP contribution in [0.3, 0.4) is 0 Å². The molecule has 0 N–H and O–H groups in total. The number of hydrogen-bond acceptors (Lipinski definition) is 1. The predicted octanol–water partition coefficient (Wildman–Crippen LogP) is 3.77. The molecule has 0 bridgehead atoms. The molecule has 19 heavy (non-hydrogen) atoms. The van der Waals surface area contributed by atoms with Gasteiger partial charge in [0, 0.05) is 12.6 Å². The standard InChI is InChI=1S/C17H21NO/c1-12-6-5-7-13(2)17(12)18-11-15(10-16(18)19)14-8-3-4-9-14/h5-7,10,14H,3-4,8-9,11H2,1-2H3. The van der Waals surface area contributed by atoms with E-state index < -0.39 is 0 Å². The molecule has 100 valence electrons. The van der Waals surface area contributed by atoms with Crippen LogP contribution in [0.4, 0.5) is 5.69 Å². The first-order valence-corrected chi connectivity index (χ1v) is 7.25. The highest BCUT2D eigenvalue weighted by Gasteiger charge is 2.30. The predicted molar refractivity (Wildman–Crippen MR) is 78.3 cm³/mol. The fourth-order valence-electron chi connectivity index (χ4n) is 3.51. The highest BCUT2D eigenvalue weighted by Crippen LogP contribution is 2.36. The van der Waals surface area contributed by atoms with Crippen molar-refractivity contribution < 1.29 is 4.79 Å². The largest absolute Gasteiger partial charge is 0.304 e. The highest BCUT2D eigenvalue weighted by atomic mass is 16.2. The third-order valence-electron chi connectivity index (χ3n) is 4.50. The van der Waals surface area contributed by atoms with Crippen molar-refractivity contribution in [2.24, 2.45) is 5.92 Å². The summed E-state index contributed by atoms with van der Waals surface area (Å²) in [5.74, 6) is 0.817. The zero-order valence-corrected chi connectivity index (χ0v) is 11.8. The molecular formula is C17H21NO. The molecular weight excluding hydrogens is 234 g/mol. The summed E-state index contributed by atoms with van der Waals surface area (Å²) >= 11 is 0. The normalized spacial score (nSPS) is 20.2. The van der Waals surface area contributed by atoms with Gasteiger partial charge in [-0.25, -0.2) is 0 Å². The van der Waals surface area contributed by atoms with Crippen LogP contribution in [0.15, 0.2) is 29.8 Å². The number of para-hydroxylation sites is 1. The maximum Gasteiger partial charge on any atom is 0.251 e. The molecule has 1 aliphatic carbocycles. The Labute approximate surface area is 115 Å². The quantitative estimate of drug-likeness (QED) is 0.787. The molecule has 2 heteroatoms. The fraction of sp³-hybridized carbons (Fsp3) is 0.471. The second-order valence-electron chi connectivity index (χ2n) is 5.87. The van der Waals surface area contributed by atoms with Crippen molar-refractivity contribution >= 4 is 11.6 Å². The Kier molecular flexibility index (Phi) is 3.17. The van der Waals surface area contributed by atoms with Gasteiger partial charge >= 0.3 is 0 Å². The van der Waals surface area contributed by atoms with Crippen LogP contribution in [0.1, 0.15) is 36.8 Å². The Bertz CT molecular complexity index is 518. The Morgan fingerprint density at radius 3 is 2.37 bits per heavy atom. The van der Waals surface area contributed by atoms with Gasteiger partial charge in [0.15, 0.2) is 0 Å². The van der Waals surface area contributed by atoms with Gasteiger partial charge in [0.1, 0.15) is 0 Å². The van der Waals surface area contributed by atoms with E-state index in [9.17, 15) is 4.79 Å². The minimum atomic E-state index is 0.166. The van der Waals surface area contributed by atoms with E-state index in [0.717, 1.165) is 12.2 Å². The summed E-state index contributed by atoms with van der Waals surface area (Å²) < 4.78 is 0. The highest BCUT2D eigenvalue weighted by molar-refractivity contribution is 6.06. The van der Waals surface area contributed by atoms with Crippen molar-refractivity contribution in [2.75, 3.05) is 11.4 Å². The average Bonchev–Trinajstić information content (AvgIpc) is 2.99. The van der Waals surface area contributed by atoms with Crippen molar-refractivity contribution in [3.63, 3.8) is 0 Å². The van der Waals surface area contributed by atoms with E-state index in [4.69, 9.17) is 0 Å². The molecule has 0 radical (unpaired) electrons. The van der Waals surface area contributed by atoms with Crippen LogP contribution < -0.4 is 4.90 Å². The number of rotatable bonds is 2. The van der Waals surface area contributed by atoms with Gasteiger partial charge in [-0.2, -0.15) is 0 Å². The summed E-state index contributed by atoms with van der Waals surface area (Å²) in [6.07, 6.45) is 7.06. The number of amides is 1. The summed E-state index contributed by atoms with van der Waals surface area (Å²) in [5, 5.41) is 0. The molecule has 1 heterocycles. The van der Waals surface area contributed by atoms with Crippen LogP contribution in [-0.2, 0) is 4.79 Å². The summed E-state index contributed by atoms with van der Waals surface area (Å²) in [7, 11) is 0. The third-order valence-corrected chi connectivity index (χ3v) is 4.50. The molecule has 0 unspecified atom stereocenters. The number of anilines is 1.